The maximum Gasteiger partial charge on any atom is 0.337 e. The van der Waals surface area contributed by atoms with Crippen LogP contribution in [0.1, 0.15) is 46.7 Å². The van der Waals surface area contributed by atoms with E-state index in [1.165, 1.54) is 18.2 Å². The Labute approximate surface area is 174 Å². The second-order valence-electron chi connectivity index (χ2n) is 8.07. The second-order valence-corrected chi connectivity index (χ2v) is 8.07. The van der Waals surface area contributed by atoms with Crippen LogP contribution in [0.5, 0.6) is 5.75 Å². The van der Waals surface area contributed by atoms with Gasteiger partial charge in [0.2, 0.25) is 0 Å². The lowest BCUT2D eigenvalue weighted by molar-refractivity contribution is 0.0600. The number of allylic oxidation sites excluding steroid dienone is 1. The number of benzene rings is 2. The van der Waals surface area contributed by atoms with Crippen molar-refractivity contribution in [3.63, 3.8) is 0 Å². The van der Waals surface area contributed by atoms with Crippen LogP contribution >= 0.6 is 0 Å². The first-order valence-corrected chi connectivity index (χ1v) is 10.2. The van der Waals surface area contributed by atoms with E-state index in [1.807, 2.05) is 24.3 Å². The van der Waals surface area contributed by atoms with E-state index in [1.54, 1.807) is 13.2 Å². The fourth-order valence-corrected chi connectivity index (χ4v) is 4.31. The molecule has 0 radical (unpaired) electrons. The van der Waals surface area contributed by atoms with Gasteiger partial charge in [-0.15, -0.1) is 0 Å². The van der Waals surface area contributed by atoms with E-state index in [-0.39, 0.29) is 5.97 Å². The lowest BCUT2D eigenvalue weighted by Crippen LogP contribution is -2.29. The number of methoxy groups -OCH3 is 2. The third-order valence-corrected chi connectivity index (χ3v) is 5.69. The lowest BCUT2D eigenvalue weighted by Gasteiger charge is -2.35. The lowest BCUT2D eigenvalue weighted by atomic mass is 9.73. The molecule has 0 heterocycles. The molecule has 2 aromatic rings. The van der Waals surface area contributed by atoms with Gasteiger partial charge >= 0.3 is 5.97 Å². The van der Waals surface area contributed by atoms with E-state index < -0.39 is 0 Å². The summed E-state index contributed by atoms with van der Waals surface area (Å²) in [6.07, 6.45) is 5.50. The molecule has 0 amide bonds. The molecule has 1 aliphatic carbocycles. The molecule has 0 aliphatic heterocycles. The fraction of sp³-hybridized carbons (Fsp3) is 0.400. The van der Waals surface area contributed by atoms with Gasteiger partial charge in [-0.2, -0.15) is 0 Å². The molecule has 29 heavy (non-hydrogen) atoms. The van der Waals surface area contributed by atoms with Gasteiger partial charge in [-0.05, 0) is 80.6 Å². The quantitative estimate of drug-likeness (QED) is 0.647. The van der Waals surface area contributed by atoms with E-state index in [9.17, 15) is 4.79 Å². The van der Waals surface area contributed by atoms with E-state index in [0.717, 1.165) is 37.1 Å². The van der Waals surface area contributed by atoms with Gasteiger partial charge in [-0.25, -0.2) is 4.79 Å². The molecule has 0 saturated heterocycles. The minimum Gasteiger partial charge on any atom is -0.497 e. The average Bonchev–Trinajstić information content (AvgIpc) is 2.74. The summed E-state index contributed by atoms with van der Waals surface area (Å²) in [6, 6.07) is 16.1. The van der Waals surface area contributed by atoms with Gasteiger partial charge in [0, 0.05) is 6.54 Å². The van der Waals surface area contributed by atoms with Gasteiger partial charge in [0.1, 0.15) is 5.75 Å². The summed E-state index contributed by atoms with van der Waals surface area (Å²) >= 11 is 0. The van der Waals surface area contributed by atoms with Gasteiger partial charge in [0.15, 0.2) is 0 Å². The summed E-state index contributed by atoms with van der Waals surface area (Å²) in [5.74, 6) is 1.68. The maximum absolute atomic E-state index is 11.8. The molecule has 3 rings (SSSR count). The first-order valence-electron chi connectivity index (χ1n) is 10.2. The van der Waals surface area contributed by atoms with Crippen LogP contribution in [0, 0.1) is 5.92 Å². The molecular formula is C25H31NO3. The van der Waals surface area contributed by atoms with Gasteiger partial charge in [0.05, 0.1) is 19.8 Å². The van der Waals surface area contributed by atoms with Crippen molar-refractivity contribution in [3.05, 3.63) is 70.8 Å². The van der Waals surface area contributed by atoms with Crippen LogP contribution < -0.4 is 4.74 Å². The Morgan fingerprint density at radius 2 is 1.93 bits per heavy atom. The molecule has 0 bridgehead atoms. The van der Waals surface area contributed by atoms with Crippen LogP contribution in [0.4, 0.5) is 0 Å². The van der Waals surface area contributed by atoms with Crippen molar-refractivity contribution in [3.8, 4) is 5.75 Å². The number of hydrogen-bond donors (Lipinski definition) is 0. The number of nitrogens with zero attached hydrogens (tertiary/aromatic N) is 1. The van der Waals surface area contributed by atoms with Crippen molar-refractivity contribution in [1.29, 1.82) is 0 Å². The van der Waals surface area contributed by atoms with E-state index in [4.69, 9.17) is 9.47 Å². The first-order chi connectivity index (χ1) is 14.0. The molecule has 1 saturated carbocycles. The van der Waals surface area contributed by atoms with Gasteiger partial charge in [-0.1, -0.05) is 35.9 Å². The Hall–Kier alpha value is -2.59. The molecule has 4 heteroatoms. The molecule has 2 aromatic carbocycles. The largest absolute Gasteiger partial charge is 0.497 e. The van der Waals surface area contributed by atoms with Crippen molar-refractivity contribution in [2.24, 2.45) is 5.92 Å². The van der Waals surface area contributed by atoms with Crippen molar-refractivity contribution < 1.29 is 14.3 Å². The third kappa shape index (κ3) is 5.48. The van der Waals surface area contributed by atoms with Crippen molar-refractivity contribution in [2.75, 3.05) is 34.9 Å². The van der Waals surface area contributed by atoms with Crippen LogP contribution in [-0.2, 0) is 4.74 Å². The zero-order valence-electron chi connectivity index (χ0n) is 17.9. The molecule has 0 N–H and O–H groups in total. The monoisotopic (exact) mass is 393 g/mol. The van der Waals surface area contributed by atoms with Crippen LogP contribution in [0.25, 0.3) is 6.08 Å². The number of ether oxygens (including phenoxy) is 2. The summed E-state index contributed by atoms with van der Waals surface area (Å²) < 4.78 is 10.3. The van der Waals surface area contributed by atoms with E-state index >= 15 is 0 Å². The highest BCUT2D eigenvalue weighted by atomic mass is 16.5. The normalized spacial score (nSPS) is 20.7. The number of esters is 1. The molecule has 1 fully saturated rings. The van der Waals surface area contributed by atoms with Gasteiger partial charge < -0.3 is 14.4 Å². The third-order valence-electron chi connectivity index (χ3n) is 5.69. The Morgan fingerprint density at radius 1 is 1.14 bits per heavy atom. The van der Waals surface area contributed by atoms with Crippen molar-refractivity contribution >= 4 is 12.0 Å². The van der Waals surface area contributed by atoms with Crippen molar-refractivity contribution in [1.82, 2.24) is 4.90 Å². The van der Waals surface area contributed by atoms with Gasteiger partial charge in [-0.3, -0.25) is 0 Å². The SMILES string of the molecule is COC(=O)c1cccc(/C=C2/CC[C@@H](CN(C)C)[C@@H](c3cccc(OC)c3)C2)c1. The Bertz CT molecular complexity index is 872. The van der Waals surface area contributed by atoms with Crippen LogP contribution in [0.15, 0.2) is 54.1 Å². The average molecular weight is 394 g/mol. The molecule has 0 spiro atoms. The zero-order chi connectivity index (χ0) is 20.8. The summed E-state index contributed by atoms with van der Waals surface area (Å²) in [6.45, 7) is 1.08. The number of rotatable bonds is 6. The van der Waals surface area contributed by atoms with E-state index in [2.05, 4.69) is 43.3 Å². The Morgan fingerprint density at radius 3 is 2.66 bits per heavy atom. The van der Waals surface area contributed by atoms with Crippen LogP contribution in [0.3, 0.4) is 0 Å². The topological polar surface area (TPSA) is 38.8 Å². The minimum atomic E-state index is -0.297. The predicted molar refractivity (Wildman–Crippen MR) is 117 cm³/mol. The smallest absolute Gasteiger partial charge is 0.337 e. The highest BCUT2D eigenvalue weighted by Gasteiger charge is 2.29. The summed E-state index contributed by atoms with van der Waals surface area (Å²) in [7, 11) is 7.42. The summed E-state index contributed by atoms with van der Waals surface area (Å²) in [4.78, 5) is 14.1. The minimum absolute atomic E-state index is 0.297. The molecule has 1 aliphatic rings. The molecule has 4 nitrogen and oxygen atoms in total. The maximum atomic E-state index is 11.8. The first kappa shape index (κ1) is 21.1. The highest BCUT2D eigenvalue weighted by Crippen LogP contribution is 2.42. The fourth-order valence-electron chi connectivity index (χ4n) is 4.31. The number of carbonyl (C=O) groups excluding carboxylic acids is 1. The number of carbonyl (C=O) groups is 1. The standard InChI is InChI=1S/C25H31NO3/c1-26(2)17-22-12-11-19(13-18-7-5-9-21(14-18)25(27)29-4)15-24(22)20-8-6-10-23(16-20)28-3/h5-10,13-14,16,22,24H,11-12,15,17H2,1-4H3/b19-13-/t22-,24+/m0/s1. The molecular weight excluding hydrogens is 362 g/mol. The zero-order valence-corrected chi connectivity index (χ0v) is 17.9. The predicted octanol–water partition coefficient (Wildman–Crippen LogP) is 5.01. The molecule has 0 unspecified atom stereocenters. The number of hydrogen-bond acceptors (Lipinski definition) is 4. The highest BCUT2D eigenvalue weighted by molar-refractivity contribution is 5.90. The summed E-state index contributed by atoms with van der Waals surface area (Å²) in [5, 5.41) is 0. The van der Waals surface area contributed by atoms with Crippen LogP contribution in [-0.4, -0.2) is 45.7 Å². The second kappa shape index (κ2) is 9.75. The van der Waals surface area contributed by atoms with Gasteiger partial charge in [0.25, 0.3) is 0 Å². The Kier molecular flexibility index (Phi) is 7.10. The molecule has 154 valence electrons. The molecule has 2 atom stereocenters. The van der Waals surface area contributed by atoms with Crippen molar-refractivity contribution in [2.45, 2.75) is 25.2 Å². The van der Waals surface area contributed by atoms with Crippen LogP contribution in [0.2, 0.25) is 0 Å². The molecule has 0 aromatic heterocycles. The van der Waals surface area contributed by atoms with E-state index in [0.29, 0.717) is 17.4 Å². The summed E-state index contributed by atoms with van der Waals surface area (Å²) in [5.41, 5.74) is 4.41. The Balaban J connectivity index is 1.87.